The summed E-state index contributed by atoms with van der Waals surface area (Å²) < 4.78 is 0. The van der Waals surface area contributed by atoms with E-state index in [2.05, 4.69) is 16.8 Å². The molecule has 0 spiro atoms. The second kappa shape index (κ2) is 6.28. The van der Waals surface area contributed by atoms with Crippen molar-refractivity contribution in [1.29, 1.82) is 0 Å². The van der Waals surface area contributed by atoms with Crippen molar-refractivity contribution in [2.45, 2.75) is 18.9 Å². The van der Waals surface area contributed by atoms with E-state index in [1.54, 1.807) is 16.2 Å². The molecule has 110 valence electrons. The molecule has 2 aromatic rings. The number of hydrogen-bond donors (Lipinski definition) is 2. The lowest BCUT2D eigenvalue weighted by atomic mass is 10.1. The number of thiophene rings is 1. The fourth-order valence-electron chi connectivity index (χ4n) is 2.55. The Morgan fingerprint density at radius 2 is 2.24 bits per heavy atom. The van der Waals surface area contributed by atoms with E-state index in [0.717, 1.165) is 29.7 Å². The predicted octanol–water partition coefficient (Wildman–Crippen LogP) is 3.40. The third kappa shape index (κ3) is 3.43. The lowest BCUT2D eigenvalue weighted by Gasteiger charge is -2.30. The zero-order valence-corrected chi connectivity index (χ0v) is 12.5. The summed E-state index contributed by atoms with van der Waals surface area (Å²) in [6.07, 6.45) is 1.22. The van der Waals surface area contributed by atoms with Crippen molar-refractivity contribution >= 4 is 23.1 Å². The minimum Gasteiger partial charge on any atom is -0.391 e. The molecule has 2 heterocycles. The molecule has 3 rings (SSSR count). The first kappa shape index (κ1) is 14.1. The average Bonchev–Trinajstić information content (AvgIpc) is 3.02. The van der Waals surface area contributed by atoms with Crippen LogP contribution in [0, 0.1) is 0 Å². The molecule has 1 atom stereocenters. The summed E-state index contributed by atoms with van der Waals surface area (Å²) in [6.45, 7) is 1.11. The van der Waals surface area contributed by atoms with E-state index in [1.165, 1.54) is 0 Å². The van der Waals surface area contributed by atoms with Crippen LogP contribution in [0.5, 0.6) is 0 Å². The first-order chi connectivity index (χ1) is 10.2. The molecule has 1 aliphatic rings. The number of amides is 2. The molecule has 0 radical (unpaired) electrons. The number of likely N-dealkylation sites (tertiary alicyclic amines) is 1. The largest absolute Gasteiger partial charge is 0.391 e. The van der Waals surface area contributed by atoms with Crippen molar-refractivity contribution in [2.24, 2.45) is 0 Å². The Kier molecular flexibility index (Phi) is 4.22. The van der Waals surface area contributed by atoms with E-state index < -0.39 is 6.10 Å². The number of hydrogen-bond acceptors (Lipinski definition) is 3. The van der Waals surface area contributed by atoms with Gasteiger partial charge in [0.25, 0.3) is 0 Å². The summed E-state index contributed by atoms with van der Waals surface area (Å²) in [7, 11) is 0. The second-order valence-corrected chi connectivity index (χ2v) is 6.05. The molecule has 0 saturated carbocycles. The summed E-state index contributed by atoms with van der Waals surface area (Å²) in [5.74, 6) is 0. The summed E-state index contributed by atoms with van der Waals surface area (Å²) in [6, 6.07) is 9.74. The molecular formula is C16H18N2O2S. The number of benzene rings is 1. The molecule has 1 aromatic heterocycles. The van der Waals surface area contributed by atoms with Gasteiger partial charge in [0, 0.05) is 18.8 Å². The monoisotopic (exact) mass is 302 g/mol. The van der Waals surface area contributed by atoms with Crippen LogP contribution < -0.4 is 5.32 Å². The van der Waals surface area contributed by atoms with Gasteiger partial charge in [-0.3, -0.25) is 0 Å². The maximum atomic E-state index is 12.2. The van der Waals surface area contributed by atoms with Gasteiger partial charge in [-0.25, -0.2) is 4.79 Å². The Balaban J connectivity index is 1.70. The number of aliphatic hydroxyl groups excluding tert-OH is 1. The number of β-amino-alcohol motifs (C(OH)–C–C–N with tert-alkyl or cyclic N) is 1. The quantitative estimate of drug-likeness (QED) is 0.893. The van der Waals surface area contributed by atoms with Gasteiger partial charge >= 0.3 is 6.03 Å². The Labute approximate surface area is 128 Å². The van der Waals surface area contributed by atoms with Crippen LogP contribution in [-0.2, 0) is 0 Å². The number of rotatable bonds is 2. The highest BCUT2D eigenvalue weighted by Gasteiger charge is 2.21. The number of nitrogens with zero attached hydrogens (tertiary/aromatic N) is 1. The van der Waals surface area contributed by atoms with E-state index in [4.69, 9.17) is 0 Å². The van der Waals surface area contributed by atoms with Gasteiger partial charge in [-0.1, -0.05) is 12.1 Å². The summed E-state index contributed by atoms with van der Waals surface area (Å²) in [5.41, 5.74) is 3.03. The van der Waals surface area contributed by atoms with E-state index in [9.17, 15) is 9.90 Å². The minimum absolute atomic E-state index is 0.142. The van der Waals surface area contributed by atoms with Crippen LogP contribution in [0.3, 0.4) is 0 Å². The second-order valence-electron chi connectivity index (χ2n) is 5.27. The van der Waals surface area contributed by atoms with Crippen LogP contribution >= 0.6 is 11.3 Å². The van der Waals surface area contributed by atoms with Gasteiger partial charge in [-0.15, -0.1) is 0 Å². The van der Waals surface area contributed by atoms with E-state index in [1.807, 2.05) is 29.6 Å². The Morgan fingerprint density at radius 3 is 3.00 bits per heavy atom. The van der Waals surface area contributed by atoms with Gasteiger partial charge in [0.05, 0.1) is 6.10 Å². The molecule has 5 heteroatoms. The topological polar surface area (TPSA) is 52.6 Å². The highest BCUT2D eigenvalue weighted by molar-refractivity contribution is 7.08. The zero-order chi connectivity index (χ0) is 14.7. The summed E-state index contributed by atoms with van der Waals surface area (Å²) >= 11 is 1.65. The number of carbonyl (C=O) groups is 1. The van der Waals surface area contributed by atoms with Gasteiger partial charge in [0.15, 0.2) is 0 Å². The molecule has 21 heavy (non-hydrogen) atoms. The molecule has 1 unspecified atom stereocenters. The van der Waals surface area contributed by atoms with Gasteiger partial charge in [-0.2, -0.15) is 11.3 Å². The Hall–Kier alpha value is -1.85. The number of piperidine rings is 1. The highest BCUT2D eigenvalue weighted by atomic mass is 32.1. The minimum atomic E-state index is -0.401. The fourth-order valence-corrected chi connectivity index (χ4v) is 3.21. The van der Waals surface area contributed by atoms with Gasteiger partial charge < -0.3 is 15.3 Å². The normalized spacial score (nSPS) is 18.5. The predicted molar refractivity (Wildman–Crippen MR) is 85.6 cm³/mol. The van der Waals surface area contributed by atoms with Crippen molar-refractivity contribution in [2.75, 3.05) is 18.4 Å². The SMILES string of the molecule is O=C(Nc1cccc(-c2ccsc2)c1)N1CCCC(O)C1. The average molecular weight is 302 g/mol. The van der Waals surface area contributed by atoms with Crippen molar-refractivity contribution < 1.29 is 9.90 Å². The molecule has 0 bridgehead atoms. The van der Waals surface area contributed by atoms with Crippen molar-refractivity contribution in [3.05, 3.63) is 41.1 Å². The lowest BCUT2D eigenvalue weighted by molar-refractivity contribution is 0.0883. The Bertz CT molecular complexity index is 612. The first-order valence-electron chi connectivity index (χ1n) is 7.09. The third-order valence-corrected chi connectivity index (χ3v) is 4.34. The fraction of sp³-hybridized carbons (Fsp3) is 0.312. The molecular weight excluding hydrogens is 284 g/mol. The van der Waals surface area contributed by atoms with Crippen LogP contribution in [-0.4, -0.2) is 35.2 Å². The molecule has 4 nitrogen and oxygen atoms in total. The molecule has 2 N–H and O–H groups in total. The third-order valence-electron chi connectivity index (χ3n) is 3.65. The number of nitrogens with one attached hydrogen (secondary N) is 1. The van der Waals surface area contributed by atoms with Crippen LogP contribution in [0.2, 0.25) is 0 Å². The smallest absolute Gasteiger partial charge is 0.321 e. The Morgan fingerprint density at radius 1 is 1.33 bits per heavy atom. The molecule has 1 aromatic carbocycles. The maximum absolute atomic E-state index is 12.2. The van der Waals surface area contributed by atoms with Crippen molar-refractivity contribution in [3.8, 4) is 11.1 Å². The maximum Gasteiger partial charge on any atom is 0.321 e. The van der Waals surface area contributed by atoms with E-state index in [-0.39, 0.29) is 6.03 Å². The zero-order valence-electron chi connectivity index (χ0n) is 11.7. The molecule has 0 aliphatic carbocycles. The standard InChI is InChI=1S/C16H18N2O2S/c19-15-5-2-7-18(10-15)16(20)17-14-4-1-3-12(9-14)13-6-8-21-11-13/h1,3-4,6,8-9,11,15,19H,2,5,7,10H2,(H,17,20). The van der Waals surface area contributed by atoms with Crippen LogP contribution in [0.25, 0.3) is 11.1 Å². The summed E-state index contributed by atoms with van der Waals surface area (Å²) in [5, 5.41) is 16.7. The van der Waals surface area contributed by atoms with Crippen LogP contribution in [0.1, 0.15) is 12.8 Å². The number of urea groups is 1. The van der Waals surface area contributed by atoms with Crippen molar-refractivity contribution in [3.63, 3.8) is 0 Å². The number of anilines is 1. The van der Waals surface area contributed by atoms with Crippen molar-refractivity contribution in [1.82, 2.24) is 4.90 Å². The molecule has 2 amide bonds. The first-order valence-corrected chi connectivity index (χ1v) is 8.03. The lowest BCUT2D eigenvalue weighted by Crippen LogP contribution is -2.44. The van der Waals surface area contributed by atoms with Gasteiger partial charge in [-0.05, 0) is 52.9 Å². The molecule has 1 aliphatic heterocycles. The number of aliphatic hydroxyl groups is 1. The van der Waals surface area contributed by atoms with Gasteiger partial charge in [0.2, 0.25) is 0 Å². The summed E-state index contributed by atoms with van der Waals surface area (Å²) in [4.78, 5) is 13.9. The molecule has 1 fully saturated rings. The highest BCUT2D eigenvalue weighted by Crippen LogP contribution is 2.25. The number of carbonyl (C=O) groups excluding carboxylic acids is 1. The molecule has 1 saturated heterocycles. The van der Waals surface area contributed by atoms with E-state index in [0.29, 0.717) is 13.1 Å². The van der Waals surface area contributed by atoms with E-state index >= 15 is 0 Å². The van der Waals surface area contributed by atoms with Crippen LogP contribution in [0.4, 0.5) is 10.5 Å². The van der Waals surface area contributed by atoms with Crippen LogP contribution in [0.15, 0.2) is 41.1 Å². The van der Waals surface area contributed by atoms with Gasteiger partial charge in [0.1, 0.15) is 0 Å².